The van der Waals surface area contributed by atoms with Crippen molar-refractivity contribution in [1.29, 1.82) is 0 Å². The van der Waals surface area contributed by atoms with Crippen LogP contribution in [0.1, 0.15) is 30.3 Å². The normalized spacial score (nSPS) is 17.6. The number of aliphatic hydroxyl groups excluding tert-OH is 1. The molecule has 1 aliphatic rings. The van der Waals surface area contributed by atoms with Crippen LogP contribution in [0.3, 0.4) is 0 Å². The summed E-state index contributed by atoms with van der Waals surface area (Å²) in [5.74, 6) is 0.436. The maximum atomic E-state index is 12.1. The smallest absolute Gasteiger partial charge is 0.314 e. The van der Waals surface area contributed by atoms with E-state index in [-0.39, 0.29) is 18.0 Å². The highest BCUT2D eigenvalue weighted by atomic mass is 16.5. The maximum absolute atomic E-state index is 12.1. The van der Waals surface area contributed by atoms with Gasteiger partial charge in [-0.05, 0) is 30.5 Å². The molecule has 1 aliphatic heterocycles. The molecule has 25 heavy (non-hydrogen) atoms. The van der Waals surface area contributed by atoms with Crippen molar-refractivity contribution >= 4 is 6.03 Å². The van der Waals surface area contributed by atoms with Crippen LogP contribution >= 0.6 is 0 Å². The summed E-state index contributed by atoms with van der Waals surface area (Å²) < 4.78 is 10.6. The van der Waals surface area contributed by atoms with Gasteiger partial charge < -0.3 is 24.9 Å². The topological polar surface area (TPSA) is 83.7 Å². The number of carbonyl (C=O) groups excluding carboxylic acids is 1. The summed E-state index contributed by atoms with van der Waals surface area (Å²) in [5.41, 5.74) is 1.10. The van der Waals surface area contributed by atoms with E-state index in [4.69, 9.17) is 9.15 Å². The van der Waals surface area contributed by atoms with Gasteiger partial charge in [0.05, 0.1) is 12.8 Å². The van der Waals surface area contributed by atoms with Gasteiger partial charge in [0.2, 0.25) is 0 Å². The lowest BCUT2D eigenvalue weighted by Gasteiger charge is -2.38. The Morgan fingerprint density at radius 3 is 2.56 bits per heavy atom. The minimum absolute atomic E-state index is 0.0980. The van der Waals surface area contributed by atoms with Crippen LogP contribution in [-0.2, 0) is 10.2 Å². The molecule has 0 saturated carbocycles. The van der Waals surface area contributed by atoms with Crippen molar-refractivity contribution in [3.8, 4) is 0 Å². The number of hydrogen-bond acceptors (Lipinski definition) is 4. The van der Waals surface area contributed by atoms with Gasteiger partial charge in [0.25, 0.3) is 0 Å². The Morgan fingerprint density at radius 1 is 1.12 bits per heavy atom. The van der Waals surface area contributed by atoms with Gasteiger partial charge >= 0.3 is 6.03 Å². The van der Waals surface area contributed by atoms with Crippen molar-refractivity contribution in [2.24, 2.45) is 0 Å². The zero-order chi connectivity index (χ0) is 17.5. The minimum Gasteiger partial charge on any atom is -0.467 e. The van der Waals surface area contributed by atoms with Gasteiger partial charge in [0.15, 0.2) is 0 Å². The Hall–Kier alpha value is -2.31. The van der Waals surface area contributed by atoms with Crippen molar-refractivity contribution in [2.75, 3.05) is 26.3 Å². The molecule has 3 rings (SSSR count). The standard InChI is InChI=1S/C19H24N2O4/c22-16(17-7-4-10-25-17)13-20-18(23)21-14-19(8-11-24-12-9-19)15-5-2-1-3-6-15/h1-7,10,16,22H,8-9,11-14H2,(H2,20,21,23). The van der Waals surface area contributed by atoms with Gasteiger partial charge in [-0.15, -0.1) is 0 Å². The van der Waals surface area contributed by atoms with E-state index in [0.29, 0.717) is 25.5 Å². The molecular weight excluding hydrogens is 320 g/mol. The monoisotopic (exact) mass is 344 g/mol. The van der Waals surface area contributed by atoms with Crippen LogP contribution in [0.4, 0.5) is 4.79 Å². The number of amides is 2. The van der Waals surface area contributed by atoms with Crippen LogP contribution in [-0.4, -0.2) is 37.4 Å². The fourth-order valence-electron chi connectivity index (χ4n) is 3.20. The van der Waals surface area contributed by atoms with Crippen molar-refractivity contribution in [1.82, 2.24) is 10.6 Å². The molecule has 3 N–H and O–H groups in total. The summed E-state index contributed by atoms with van der Waals surface area (Å²) >= 11 is 0. The SMILES string of the molecule is O=C(NCC(O)c1ccco1)NCC1(c2ccccc2)CCOCC1. The first kappa shape index (κ1) is 17.5. The zero-order valence-electron chi connectivity index (χ0n) is 14.1. The summed E-state index contributed by atoms with van der Waals surface area (Å²) in [5, 5.41) is 15.6. The van der Waals surface area contributed by atoms with Crippen LogP contribution in [0, 0.1) is 0 Å². The van der Waals surface area contributed by atoms with Crippen LogP contribution in [0.25, 0.3) is 0 Å². The van der Waals surface area contributed by atoms with Crippen molar-refractivity contribution < 1.29 is 19.1 Å². The van der Waals surface area contributed by atoms with E-state index in [1.165, 1.54) is 11.8 Å². The quantitative estimate of drug-likeness (QED) is 0.751. The molecule has 6 nitrogen and oxygen atoms in total. The van der Waals surface area contributed by atoms with Gasteiger partial charge in [0.1, 0.15) is 11.9 Å². The summed E-state index contributed by atoms with van der Waals surface area (Å²) in [6, 6.07) is 13.3. The van der Waals surface area contributed by atoms with E-state index in [1.54, 1.807) is 12.1 Å². The fraction of sp³-hybridized carbons (Fsp3) is 0.421. The third kappa shape index (κ3) is 4.41. The van der Waals surface area contributed by atoms with E-state index in [0.717, 1.165) is 12.8 Å². The van der Waals surface area contributed by atoms with Gasteiger partial charge in [-0.25, -0.2) is 4.79 Å². The lowest BCUT2D eigenvalue weighted by Crippen LogP contribution is -2.47. The highest BCUT2D eigenvalue weighted by molar-refractivity contribution is 5.74. The first-order valence-corrected chi connectivity index (χ1v) is 8.56. The molecule has 2 aromatic rings. The molecule has 1 aromatic carbocycles. The van der Waals surface area contributed by atoms with E-state index < -0.39 is 6.10 Å². The lowest BCUT2D eigenvalue weighted by molar-refractivity contribution is 0.0506. The summed E-state index contributed by atoms with van der Waals surface area (Å²) in [4.78, 5) is 12.1. The lowest BCUT2D eigenvalue weighted by atomic mass is 9.74. The Labute approximate surface area is 147 Å². The Balaban J connectivity index is 1.55. The molecule has 2 heterocycles. The molecule has 0 aliphatic carbocycles. The molecule has 1 unspecified atom stereocenters. The van der Waals surface area contributed by atoms with E-state index in [2.05, 4.69) is 22.8 Å². The summed E-state index contributed by atoms with van der Waals surface area (Å²) in [7, 11) is 0. The van der Waals surface area contributed by atoms with Gasteiger partial charge in [-0.1, -0.05) is 30.3 Å². The average Bonchev–Trinajstić information content (AvgIpc) is 3.21. The molecule has 2 amide bonds. The number of furan rings is 1. The van der Waals surface area contributed by atoms with E-state index in [1.807, 2.05) is 18.2 Å². The number of hydrogen-bond donors (Lipinski definition) is 3. The number of aliphatic hydroxyl groups is 1. The molecule has 0 radical (unpaired) electrons. The van der Waals surface area contributed by atoms with Crippen LogP contribution < -0.4 is 10.6 Å². The number of urea groups is 1. The number of benzene rings is 1. The second kappa shape index (κ2) is 8.18. The number of rotatable bonds is 6. The second-order valence-electron chi connectivity index (χ2n) is 6.35. The van der Waals surface area contributed by atoms with E-state index in [9.17, 15) is 9.90 Å². The van der Waals surface area contributed by atoms with Gasteiger partial charge in [0, 0.05) is 25.2 Å². The number of carbonyl (C=O) groups is 1. The van der Waals surface area contributed by atoms with Crippen molar-refractivity contribution in [3.63, 3.8) is 0 Å². The molecule has 1 aromatic heterocycles. The second-order valence-corrected chi connectivity index (χ2v) is 6.35. The third-order valence-electron chi connectivity index (χ3n) is 4.75. The van der Waals surface area contributed by atoms with Gasteiger partial charge in [-0.2, -0.15) is 0 Å². The predicted molar refractivity (Wildman–Crippen MR) is 93.2 cm³/mol. The largest absolute Gasteiger partial charge is 0.467 e. The molecule has 1 fully saturated rings. The highest BCUT2D eigenvalue weighted by Gasteiger charge is 2.34. The minimum atomic E-state index is -0.855. The molecule has 6 heteroatoms. The average molecular weight is 344 g/mol. The zero-order valence-corrected chi connectivity index (χ0v) is 14.1. The molecule has 1 saturated heterocycles. The van der Waals surface area contributed by atoms with Crippen molar-refractivity contribution in [2.45, 2.75) is 24.4 Å². The summed E-state index contributed by atoms with van der Waals surface area (Å²) in [6.45, 7) is 2.01. The molecule has 0 bridgehead atoms. The Bertz CT molecular complexity index is 651. The van der Waals surface area contributed by atoms with Crippen LogP contribution in [0.2, 0.25) is 0 Å². The number of ether oxygens (including phenoxy) is 1. The van der Waals surface area contributed by atoms with Crippen molar-refractivity contribution in [3.05, 3.63) is 60.1 Å². The molecule has 134 valence electrons. The molecular formula is C19H24N2O4. The van der Waals surface area contributed by atoms with Crippen LogP contribution in [0.5, 0.6) is 0 Å². The Morgan fingerprint density at radius 2 is 1.88 bits per heavy atom. The third-order valence-corrected chi connectivity index (χ3v) is 4.75. The predicted octanol–water partition coefficient (Wildman–Crippen LogP) is 2.36. The van der Waals surface area contributed by atoms with E-state index >= 15 is 0 Å². The van der Waals surface area contributed by atoms with Crippen LogP contribution in [0.15, 0.2) is 53.1 Å². The van der Waals surface area contributed by atoms with Gasteiger partial charge in [-0.3, -0.25) is 0 Å². The first-order chi connectivity index (χ1) is 12.2. The highest BCUT2D eigenvalue weighted by Crippen LogP contribution is 2.34. The molecule has 1 atom stereocenters. The Kier molecular flexibility index (Phi) is 5.73. The first-order valence-electron chi connectivity index (χ1n) is 8.56. The summed E-state index contributed by atoms with van der Waals surface area (Å²) in [6.07, 6.45) is 2.37. The number of nitrogens with one attached hydrogen (secondary N) is 2. The molecule has 0 spiro atoms. The maximum Gasteiger partial charge on any atom is 0.314 e. The fourth-order valence-corrected chi connectivity index (χ4v) is 3.20.